The number of thiocarbonyl (C=S) groups is 1. The molecule has 0 aromatic heterocycles. The Labute approximate surface area is 130 Å². The molecular weight excluding hydrogens is 288 g/mol. The summed E-state index contributed by atoms with van der Waals surface area (Å²) in [7, 11) is 2.95. The van der Waals surface area contributed by atoms with Crippen LogP contribution in [0.2, 0.25) is 0 Å². The lowest BCUT2D eigenvalue weighted by molar-refractivity contribution is -0.141. The maximum absolute atomic E-state index is 11.9. The van der Waals surface area contributed by atoms with Crippen LogP contribution in [0.3, 0.4) is 0 Å². The van der Waals surface area contributed by atoms with Crippen LogP contribution in [0.1, 0.15) is 25.8 Å². The van der Waals surface area contributed by atoms with Gasteiger partial charge in [0.2, 0.25) is 0 Å². The van der Waals surface area contributed by atoms with Crippen LogP contribution in [0.25, 0.3) is 0 Å². The van der Waals surface area contributed by atoms with E-state index in [2.05, 4.69) is 5.32 Å². The number of carbonyl (C=O) groups excluding carboxylic acids is 1. The lowest BCUT2D eigenvalue weighted by atomic mass is 10.0. The van der Waals surface area contributed by atoms with Crippen LogP contribution in [0, 0.1) is 5.92 Å². The summed E-state index contributed by atoms with van der Waals surface area (Å²) < 4.78 is 10.0. The second kappa shape index (κ2) is 7.83. The molecule has 0 amide bonds. The highest BCUT2D eigenvalue weighted by Gasteiger charge is 2.22. The van der Waals surface area contributed by atoms with E-state index in [9.17, 15) is 4.79 Å². The monoisotopic (exact) mass is 310 g/mol. The van der Waals surface area contributed by atoms with Gasteiger partial charge in [0.15, 0.2) is 0 Å². The van der Waals surface area contributed by atoms with E-state index in [0.29, 0.717) is 29.3 Å². The Morgan fingerprint density at radius 1 is 1.38 bits per heavy atom. The molecule has 6 heteroatoms. The Bertz CT molecular complexity index is 518. The largest absolute Gasteiger partial charge is 0.497 e. The third kappa shape index (κ3) is 4.90. The number of hydrogen-bond acceptors (Lipinski definition) is 5. The van der Waals surface area contributed by atoms with Gasteiger partial charge in [0.1, 0.15) is 16.8 Å². The molecule has 0 radical (unpaired) electrons. The number of anilines is 1. The van der Waals surface area contributed by atoms with E-state index < -0.39 is 6.04 Å². The van der Waals surface area contributed by atoms with E-state index in [1.54, 1.807) is 25.3 Å². The predicted molar refractivity (Wildman–Crippen MR) is 87.8 cm³/mol. The number of nitrogens with one attached hydrogen (secondary N) is 1. The summed E-state index contributed by atoms with van der Waals surface area (Å²) in [4.78, 5) is 12.2. The van der Waals surface area contributed by atoms with Gasteiger partial charge in [-0.1, -0.05) is 26.1 Å². The fourth-order valence-electron chi connectivity index (χ4n) is 2.00. The van der Waals surface area contributed by atoms with E-state index >= 15 is 0 Å². The number of esters is 1. The Kier molecular flexibility index (Phi) is 6.42. The molecule has 0 aliphatic carbocycles. The quantitative estimate of drug-likeness (QED) is 0.595. The SMILES string of the molecule is COC(=O)C(CC(C)C)Nc1cc(OC)ccc1C(N)=S. The van der Waals surface area contributed by atoms with Crippen molar-refractivity contribution in [3.8, 4) is 5.75 Å². The van der Waals surface area contributed by atoms with Crippen molar-refractivity contribution in [2.24, 2.45) is 11.7 Å². The molecular formula is C15H22N2O3S. The number of rotatable bonds is 7. The van der Waals surface area contributed by atoms with Crippen molar-refractivity contribution < 1.29 is 14.3 Å². The number of carbonyl (C=O) groups is 1. The van der Waals surface area contributed by atoms with Crippen molar-refractivity contribution in [3.63, 3.8) is 0 Å². The van der Waals surface area contributed by atoms with Crippen molar-refractivity contribution in [2.75, 3.05) is 19.5 Å². The van der Waals surface area contributed by atoms with Gasteiger partial charge in [-0.2, -0.15) is 0 Å². The number of nitrogens with two attached hydrogens (primary N) is 1. The molecule has 0 spiro atoms. The molecule has 0 fully saturated rings. The number of ether oxygens (including phenoxy) is 2. The average Bonchev–Trinajstić information content (AvgIpc) is 2.44. The number of methoxy groups -OCH3 is 2. The average molecular weight is 310 g/mol. The van der Waals surface area contributed by atoms with Crippen molar-refractivity contribution in [1.82, 2.24) is 0 Å². The highest BCUT2D eigenvalue weighted by molar-refractivity contribution is 7.80. The predicted octanol–water partition coefficient (Wildman–Crippen LogP) is 2.33. The van der Waals surface area contributed by atoms with Gasteiger partial charge >= 0.3 is 5.97 Å². The maximum atomic E-state index is 11.9. The first-order chi connectivity index (χ1) is 9.88. The molecule has 0 aliphatic rings. The molecule has 0 saturated carbocycles. The Balaban J connectivity index is 3.11. The molecule has 0 saturated heterocycles. The third-order valence-corrected chi connectivity index (χ3v) is 3.23. The van der Waals surface area contributed by atoms with Crippen molar-refractivity contribution in [1.29, 1.82) is 0 Å². The van der Waals surface area contributed by atoms with Gasteiger partial charge in [0.05, 0.1) is 14.2 Å². The van der Waals surface area contributed by atoms with E-state index in [-0.39, 0.29) is 11.0 Å². The molecule has 0 bridgehead atoms. The fourth-order valence-corrected chi connectivity index (χ4v) is 2.18. The Hall–Kier alpha value is -1.82. The van der Waals surface area contributed by atoms with Gasteiger partial charge in [-0.05, 0) is 24.5 Å². The molecule has 5 nitrogen and oxygen atoms in total. The van der Waals surface area contributed by atoms with Gasteiger partial charge in [-0.25, -0.2) is 4.79 Å². The van der Waals surface area contributed by atoms with Gasteiger partial charge < -0.3 is 20.5 Å². The van der Waals surface area contributed by atoms with Crippen LogP contribution >= 0.6 is 12.2 Å². The third-order valence-electron chi connectivity index (χ3n) is 3.01. The van der Waals surface area contributed by atoms with E-state index in [1.165, 1.54) is 7.11 Å². The first-order valence-electron chi connectivity index (χ1n) is 6.71. The lowest BCUT2D eigenvalue weighted by Gasteiger charge is -2.21. The van der Waals surface area contributed by atoms with Crippen molar-refractivity contribution in [3.05, 3.63) is 23.8 Å². The molecule has 116 valence electrons. The first kappa shape index (κ1) is 17.2. The van der Waals surface area contributed by atoms with Gasteiger partial charge in [-0.3, -0.25) is 0 Å². The molecule has 1 rings (SSSR count). The normalized spacial score (nSPS) is 11.9. The molecule has 21 heavy (non-hydrogen) atoms. The molecule has 0 heterocycles. The van der Waals surface area contributed by atoms with Crippen LogP contribution in [-0.2, 0) is 9.53 Å². The summed E-state index contributed by atoms with van der Waals surface area (Å²) >= 11 is 5.04. The van der Waals surface area contributed by atoms with Gasteiger partial charge in [-0.15, -0.1) is 0 Å². The van der Waals surface area contributed by atoms with E-state index in [1.807, 2.05) is 13.8 Å². The molecule has 1 unspecified atom stereocenters. The minimum Gasteiger partial charge on any atom is -0.497 e. The Morgan fingerprint density at radius 3 is 2.52 bits per heavy atom. The summed E-state index contributed by atoms with van der Waals surface area (Å²) in [6, 6.07) is 4.85. The zero-order valence-corrected chi connectivity index (χ0v) is 13.6. The minimum absolute atomic E-state index is 0.258. The topological polar surface area (TPSA) is 73.6 Å². The zero-order valence-electron chi connectivity index (χ0n) is 12.8. The van der Waals surface area contributed by atoms with Crippen molar-refractivity contribution in [2.45, 2.75) is 26.3 Å². The highest BCUT2D eigenvalue weighted by Crippen LogP contribution is 2.24. The summed E-state index contributed by atoms with van der Waals surface area (Å²) in [6.45, 7) is 4.08. The van der Waals surface area contributed by atoms with Crippen LogP contribution in [-0.4, -0.2) is 31.2 Å². The number of hydrogen-bond donors (Lipinski definition) is 2. The summed E-state index contributed by atoms with van der Waals surface area (Å²) in [6.07, 6.45) is 0.640. The minimum atomic E-state index is -0.463. The first-order valence-corrected chi connectivity index (χ1v) is 7.12. The van der Waals surface area contributed by atoms with E-state index in [4.69, 9.17) is 27.4 Å². The smallest absolute Gasteiger partial charge is 0.328 e. The molecule has 0 aliphatic heterocycles. The van der Waals surface area contributed by atoms with E-state index in [0.717, 1.165) is 0 Å². The lowest BCUT2D eigenvalue weighted by Crippen LogP contribution is -2.33. The summed E-state index contributed by atoms with van der Waals surface area (Å²) in [5.74, 6) is 0.673. The fraction of sp³-hybridized carbons (Fsp3) is 0.467. The van der Waals surface area contributed by atoms with Crippen LogP contribution in [0.15, 0.2) is 18.2 Å². The molecule has 1 aromatic carbocycles. The summed E-state index contributed by atoms with van der Waals surface area (Å²) in [5, 5.41) is 3.16. The second-order valence-electron chi connectivity index (χ2n) is 5.13. The molecule has 1 atom stereocenters. The zero-order chi connectivity index (χ0) is 16.0. The van der Waals surface area contributed by atoms with Crippen LogP contribution < -0.4 is 15.8 Å². The van der Waals surface area contributed by atoms with Gasteiger partial charge in [0.25, 0.3) is 0 Å². The standard InChI is InChI=1S/C15H22N2O3S/c1-9(2)7-13(15(18)20-4)17-12-8-10(19-3)5-6-11(12)14(16)21/h5-6,8-9,13,17H,7H2,1-4H3,(H2,16,21). The van der Waals surface area contributed by atoms with Crippen LogP contribution in [0.4, 0.5) is 5.69 Å². The van der Waals surface area contributed by atoms with Gasteiger partial charge in [0, 0.05) is 17.3 Å². The number of benzene rings is 1. The van der Waals surface area contributed by atoms with Crippen LogP contribution in [0.5, 0.6) is 5.75 Å². The maximum Gasteiger partial charge on any atom is 0.328 e. The molecule has 3 N–H and O–H groups in total. The second-order valence-corrected chi connectivity index (χ2v) is 5.57. The highest BCUT2D eigenvalue weighted by atomic mass is 32.1. The Morgan fingerprint density at radius 2 is 2.05 bits per heavy atom. The van der Waals surface area contributed by atoms with Crippen molar-refractivity contribution >= 4 is 28.9 Å². The molecule has 1 aromatic rings. The summed E-state index contributed by atoms with van der Waals surface area (Å²) in [5.41, 5.74) is 7.06.